The molecule has 0 aliphatic rings. The lowest BCUT2D eigenvalue weighted by molar-refractivity contribution is -0.192. The smallest absolute Gasteiger partial charge is 0.475 e. The van der Waals surface area contributed by atoms with Crippen LogP contribution in [0, 0.1) is 11.8 Å². The average molecular weight is 197 g/mol. The molecule has 74 valence electrons. The first-order chi connectivity index (χ1) is 5.71. The fourth-order valence-electron chi connectivity index (χ4n) is 0.123. The van der Waals surface area contributed by atoms with Crippen molar-refractivity contribution in [1.82, 2.24) is 0 Å². The van der Waals surface area contributed by atoms with Crippen LogP contribution in [0.5, 0.6) is 0 Å². The van der Waals surface area contributed by atoms with Crippen LogP contribution in [-0.4, -0.2) is 23.2 Å². The Bertz CT molecular complexity index is 248. The Morgan fingerprint density at radius 3 is 1.69 bits per heavy atom. The summed E-state index contributed by atoms with van der Waals surface area (Å²) in [5, 5.41) is 7.12. The zero-order chi connectivity index (χ0) is 11.1. The number of carbonyl (C=O) groups is 2. The zero-order valence-corrected chi connectivity index (χ0v) is 6.47. The highest BCUT2D eigenvalue weighted by atomic mass is 19.4. The highest BCUT2D eigenvalue weighted by Gasteiger charge is 2.38. The summed E-state index contributed by atoms with van der Waals surface area (Å²) in [6.07, 6.45) is -5.08. The number of nitrogens with two attached hydrogens (primary N) is 1. The number of carboxylic acids is 1. The number of rotatable bonds is 0. The SMILES string of the molecule is CC#CC(N)=O.O=C(O)C(F)(F)F. The Morgan fingerprint density at radius 1 is 1.38 bits per heavy atom. The molecule has 0 bridgehead atoms. The van der Waals surface area contributed by atoms with Gasteiger partial charge in [-0.1, -0.05) is 5.92 Å². The van der Waals surface area contributed by atoms with Crippen molar-refractivity contribution in [2.24, 2.45) is 5.73 Å². The minimum Gasteiger partial charge on any atom is -0.475 e. The summed E-state index contributed by atoms with van der Waals surface area (Å²) in [5.41, 5.74) is 4.59. The Hall–Kier alpha value is -1.71. The van der Waals surface area contributed by atoms with Gasteiger partial charge < -0.3 is 10.8 Å². The number of primary amides is 1. The predicted molar refractivity (Wildman–Crippen MR) is 36.3 cm³/mol. The summed E-state index contributed by atoms with van der Waals surface area (Å²) in [7, 11) is 0. The van der Waals surface area contributed by atoms with Crippen molar-refractivity contribution >= 4 is 11.9 Å². The monoisotopic (exact) mass is 197 g/mol. The van der Waals surface area contributed by atoms with Crippen molar-refractivity contribution in [2.45, 2.75) is 13.1 Å². The summed E-state index contributed by atoms with van der Waals surface area (Å²) < 4.78 is 31.7. The summed E-state index contributed by atoms with van der Waals surface area (Å²) in [5.74, 6) is 1.11. The van der Waals surface area contributed by atoms with Gasteiger partial charge in [-0.25, -0.2) is 4.79 Å². The molecule has 0 aromatic rings. The topological polar surface area (TPSA) is 80.4 Å². The lowest BCUT2D eigenvalue weighted by atomic mass is 10.6. The van der Waals surface area contributed by atoms with E-state index in [9.17, 15) is 18.0 Å². The highest BCUT2D eigenvalue weighted by molar-refractivity contribution is 5.91. The molecule has 4 nitrogen and oxygen atoms in total. The van der Waals surface area contributed by atoms with Gasteiger partial charge in [0.05, 0.1) is 0 Å². The molecule has 0 aliphatic heterocycles. The van der Waals surface area contributed by atoms with E-state index >= 15 is 0 Å². The Labute approximate surface area is 71.5 Å². The molecule has 0 aromatic heterocycles. The summed E-state index contributed by atoms with van der Waals surface area (Å²) in [6, 6.07) is 0. The van der Waals surface area contributed by atoms with Crippen LogP contribution < -0.4 is 5.73 Å². The average Bonchev–Trinajstić information content (AvgIpc) is 1.85. The third kappa shape index (κ3) is 13.3. The molecular formula is C6H6F3NO3. The van der Waals surface area contributed by atoms with Crippen LogP contribution in [0.3, 0.4) is 0 Å². The second-order valence-electron chi connectivity index (χ2n) is 1.54. The number of hydrogen-bond donors (Lipinski definition) is 2. The minimum atomic E-state index is -5.08. The molecule has 7 heteroatoms. The third-order valence-corrected chi connectivity index (χ3v) is 0.491. The van der Waals surface area contributed by atoms with Gasteiger partial charge in [-0.05, 0) is 12.8 Å². The minimum absolute atomic E-state index is 0.572. The maximum absolute atomic E-state index is 10.6. The largest absolute Gasteiger partial charge is 0.490 e. The number of carbonyl (C=O) groups excluding carboxylic acids is 1. The Morgan fingerprint density at radius 2 is 1.69 bits per heavy atom. The lowest BCUT2D eigenvalue weighted by Crippen LogP contribution is -2.21. The fraction of sp³-hybridized carbons (Fsp3) is 0.333. The van der Waals surface area contributed by atoms with E-state index in [0.29, 0.717) is 0 Å². The van der Waals surface area contributed by atoms with Crippen LogP contribution in [0.4, 0.5) is 13.2 Å². The Balaban J connectivity index is 0. The number of alkyl halides is 3. The molecule has 1 amide bonds. The van der Waals surface area contributed by atoms with Crippen LogP contribution in [0.15, 0.2) is 0 Å². The molecule has 0 spiro atoms. The molecule has 0 unspecified atom stereocenters. The molecule has 0 rings (SSSR count). The Kier molecular flexibility index (Phi) is 6.26. The molecule has 13 heavy (non-hydrogen) atoms. The third-order valence-electron chi connectivity index (χ3n) is 0.491. The summed E-state index contributed by atoms with van der Waals surface area (Å²) >= 11 is 0. The predicted octanol–water partition coefficient (Wildman–Crippen LogP) is 0.128. The van der Waals surface area contributed by atoms with Gasteiger partial charge in [0.15, 0.2) is 0 Å². The number of hydrogen-bond acceptors (Lipinski definition) is 2. The van der Waals surface area contributed by atoms with E-state index < -0.39 is 18.1 Å². The normalized spacial score (nSPS) is 8.62. The van der Waals surface area contributed by atoms with Gasteiger partial charge in [0.2, 0.25) is 0 Å². The first-order valence-electron chi connectivity index (χ1n) is 2.74. The summed E-state index contributed by atoms with van der Waals surface area (Å²) in [6.45, 7) is 1.56. The van der Waals surface area contributed by atoms with Gasteiger partial charge in [0.1, 0.15) is 0 Å². The van der Waals surface area contributed by atoms with Gasteiger partial charge in [-0.2, -0.15) is 13.2 Å². The first kappa shape index (κ1) is 13.9. The maximum Gasteiger partial charge on any atom is 0.490 e. The highest BCUT2D eigenvalue weighted by Crippen LogP contribution is 2.13. The molecule has 0 saturated heterocycles. The van der Waals surface area contributed by atoms with E-state index in [0.717, 1.165) is 0 Å². The standard InChI is InChI=1S/C4H5NO.C2HF3O2/c1-2-3-4(5)6;3-2(4,5)1(6)7/h1H3,(H2,5,6);(H,6,7). The molecule has 0 saturated carbocycles. The van der Waals surface area contributed by atoms with E-state index in [-0.39, 0.29) is 0 Å². The second-order valence-corrected chi connectivity index (χ2v) is 1.54. The molecule has 0 atom stereocenters. The second kappa shape index (κ2) is 5.88. The van der Waals surface area contributed by atoms with Crippen LogP contribution >= 0.6 is 0 Å². The molecule has 0 aromatic carbocycles. The van der Waals surface area contributed by atoms with Gasteiger partial charge in [-0.3, -0.25) is 4.79 Å². The zero-order valence-electron chi connectivity index (χ0n) is 6.47. The van der Waals surface area contributed by atoms with Gasteiger partial charge in [0.25, 0.3) is 5.91 Å². The summed E-state index contributed by atoms with van der Waals surface area (Å²) in [4.78, 5) is 18.5. The van der Waals surface area contributed by atoms with Crippen molar-refractivity contribution in [3.8, 4) is 11.8 Å². The number of carboxylic acid groups (broad SMARTS) is 1. The van der Waals surface area contributed by atoms with Crippen LogP contribution in [-0.2, 0) is 9.59 Å². The molecule has 0 heterocycles. The van der Waals surface area contributed by atoms with Crippen LogP contribution in [0.2, 0.25) is 0 Å². The molecule has 0 fully saturated rings. The van der Waals surface area contributed by atoms with Gasteiger partial charge in [-0.15, -0.1) is 0 Å². The van der Waals surface area contributed by atoms with E-state index in [4.69, 9.17) is 9.90 Å². The molecule has 0 radical (unpaired) electrons. The fourth-order valence-corrected chi connectivity index (χ4v) is 0.123. The van der Waals surface area contributed by atoms with E-state index in [2.05, 4.69) is 17.6 Å². The van der Waals surface area contributed by atoms with Gasteiger partial charge >= 0.3 is 12.1 Å². The molecule has 0 aliphatic carbocycles. The molecular weight excluding hydrogens is 191 g/mol. The number of amides is 1. The van der Waals surface area contributed by atoms with Crippen LogP contribution in [0.25, 0.3) is 0 Å². The van der Waals surface area contributed by atoms with E-state index in [1.165, 1.54) is 0 Å². The lowest BCUT2D eigenvalue weighted by Gasteiger charge is -1.93. The first-order valence-corrected chi connectivity index (χ1v) is 2.74. The van der Waals surface area contributed by atoms with Crippen molar-refractivity contribution in [3.63, 3.8) is 0 Å². The maximum atomic E-state index is 10.6. The quantitative estimate of drug-likeness (QED) is 0.541. The van der Waals surface area contributed by atoms with Gasteiger partial charge in [0, 0.05) is 0 Å². The van der Waals surface area contributed by atoms with Crippen LogP contribution in [0.1, 0.15) is 6.92 Å². The van der Waals surface area contributed by atoms with Crippen molar-refractivity contribution in [2.75, 3.05) is 0 Å². The van der Waals surface area contributed by atoms with Crippen molar-refractivity contribution < 1.29 is 27.9 Å². The van der Waals surface area contributed by atoms with E-state index in [1.54, 1.807) is 6.92 Å². The molecule has 3 N–H and O–H groups in total. The van der Waals surface area contributed by atoms with Crippen molar-refractivity contribution in [1.29, 1.82) is 0 Å². The van der Waals surface area contributed by atoms with Crippen molar-refractivity contribution in [3.05, 3.63) is 0 Å². The number of aliphatic carboxylic acids is 1. The number of halogens is 3. The van der Waals surface area contributed by atoms with E-state index in [1.807, 2.05) is 0 Å².